The molecular weight excluding hydrogens is 186 g/mol. The van der Waals surface area contributed by atoms with Crippen LogP contribution in [0.2, 0.25) is 0 Å². The SMILES string of the molecule is C[C@@H](O)C1=C(C(=O)O)N2C(=O)CC2C1. The number of aliphatic hydroxyl groups is 1. The molecule has 5 heteroatoms. The third-order valence-electron chi connectivity index (χ3n) is 2.75. The number of carboxylic acid groups (broad SMARTS) is 1. The summed E-state index contributed by atoms with van der Waals surface area (Å²) in [4.78, 5) is 23.3. The van der Waals surface area contributed by atoms with E-state index in [0.717, 1.165) is 0 Å². The van der Waals surface area contributed by atoms with Gasteiger partial charge in [0.15, 0.2) is 0 Å². The Balaban J connectivity index is 2.38. The summed E-state index contributed by atoms with van der Waals surface area (Å²) in [6.45, 7) is 1.52. The number of β-lactam (4-membered cyclic amide) rings is 1. The van der Waals surface area contributed by atoms with Gasteiger partial charge in [-0.1, -0.05) is 0 Å². The molecule has 2 aliphatic rings. The van der Waals surface area contributed by atoms with Crippen LogP contribution in [-0.4, -0.2) is 39.1 Å². The minimum atomic E-state index is -1.13. The van der Waals surface area contributed by atoms with E-state index in [1.807, 2.05) is 0 Å². The van der Waals surface area contributed by atoms with Gasteiger partial charge >= 0.3 is 5.97 Å². The normalized spacial score (nSPS) is 27.4. The summed E-state index contributed by atoms with van der Waals surface area (Å²) in [6.07, 6.45) is 0.0948. The van der Waals surface area contributed by atoms with Crippen molar-refractivity contribution in [2.45, 2.75) is 31.9 Å². The molecule has 5 nitrogen and oxygen atoms in total. The van der Waals surface area contributed by atoms with E-state index in [4.69, 9.17) is 5.11 Å². The molecule has 0 aromatic carbocycles. The van der Waals surface area contributed by atoms with Gasteiger partial charge in [0.25, 0.3) is 0 Å². The first-order valence-corrected chi connectivity index (χ1v) is 4.49. The molecule has 1 saturated heterocycles. The predicted molar refractivity (Wildman–Crippen MR) is 46.2 cm³/mol. The van der Waals surface area contributed by atoms with Gasteiger partial charge in [0.1, 0.15) is 5.70 Å². The zero-order valence-electron chi connectivity index (χ0n) is 7.73. The standard InChI is InChI=1S/C9H11NO4/c1-4(11)6-2-5-3-7(12)10(5)8(6)9(13)14/h4-5,11H,2-3H2,1H3,(H,13,14)/t4-,5?/m1/s1. The number of carboxylic acids is 1. The summed E-state index contributed by atoms with van der Waals surface area (Å²) in [5.74, 6) is -1.29. The van der Waals surface area contributed by atoms with Crippen LogP contribution < -0.4 is 0 Å². The van der Waals surface area contributed by atoms with Crippen LogP contribution in [0.25, 0.3) is 0 Å². The lowest BCUT2D eigenvalue weighted by atomic mass is 9.99. The molecule has 1 fully saturated rings. The molecule has 0 aromatic rings. The van der Waals surface area contributed by atoms with E-state index in [1.54, 1.807) is 0 Å². The van der Waals surface area contributed by atoms with Gasteiger partial charge in [-0.3, -0.25) is 4.79 Å². The zero-order valence-corrected chi connectivity index (χ0v) is 7.73. The maximum atomic E-state index is 11.1. The molecular formula is C9H11NO4. The molecule has 1 unspecified atom stereocenters. The van der Waals surface area contributed by atoms with Gasteiger partial charge < -0.3 is 15.1 Å². The fourth-order valence-electron chi connectivity index (χ4n) is 2.07. The van der Waals surface area contributed by atoms with Gasteiger partial charge in [-0.15, -0.1) is 0 Å². The summed E-state index contributed by atoms with van der Waals surface area (Å²) >= 11 is 0. The lowest BCUT2D eigenvalue weighted by molar-refractivity contribution is -0.147. The summed E-state index contributed by atoms with van der Waals surface area (Å²) in [7, 11) is 0. The van der Waals surface area contributed by atoms with Crippen LogP contribution >= 0.6 is 0 Å². The summed E-state index contributed by atoms with van der Waals surface area (Å²) in [6, 6.07) is -0.0294. The van der Waals surface area contributed by atoms with Crippen LogP contribution in [0.3, 0.4) is 0 Å². The Labute approximate surface area is 80.6 Å². The number of hydrogen-bond acceptors (Lipinski definition) is 3. The summed E-state index contributed by atoms with van der Waals surface area (Å²) < 4.78 is 0. The molecule has 0 radical (unpaired) electrons. The molecule has 2 rings (SSSR count). The minimum absolute atomic E-state index is 0.0127. The lowest BCUT2D eigenvalue weighted by Crippen LogP contribution is -2.49. The average Bonchev–Trinajstić information content (AvgIpc) is 2.37. The first kappa shape index (κ1) is 9.21. The van der Waals surface area contributed by atoms with Crippen molar-refractivity contribution in [3.05, 3.63) is 11.3 Å². The molecule has 0 aromatic heterocycles. The fourth-order valence-corrected chi connectivity index (χ4v) is 2.07. The molecule has 1 amide bonds. The first-order chi connectivity index (χ1) is 6.52. The Morgan fingerprint density at radius 2 is 2.21 bits per heavy atom. The van der Waals surface area contributed by atoms with Crippen molar-refractivity contribution in [3.8, 4) is 0 Å². The predicted octanol–water partition coefficient (Wildman–Crippen LogP) is -0.290. The second-order valence-electron chi connectivity index (χ2n) is 3.68. The van der Waals surface area contributed by atoms with E-state index >= 15 is 0 Å². The number of carbonyl (C=O) groups excluding carboxylic acids is 1. The molecule has 0 aliphatic carbocycles. The lowest BCUT2D eigenvalue weighted by Gasteiger charge is -2.35. The van der Waals surface area contributed by atoms with E-state index in [1.165, 1.54) is 11.8 Å². The summed E-state index contributed by atoms with van der Waals surface area (Å²) in [5.41, 5.74) is 0.453. The largest absolute Gasteiger partial charge is 0.477 e. The second-order valence-corrected chi connectivity index (χ2v) is 3.68. The number of aliphatic carboxylic acids is 1. The Morgan fingerprint density at radius 1 is 1.57 bits per heavy atom. The van der Waals surface area contributed by atoms with E-state index in [-0.39, 0.29) is 17.6 Å². The highest BCUT2D eigenvalue weighted by Gasteiger charge is 2.48. The van der Waals surface area contributed by atoms with E-state index in [0.29, 0.717) is 18.4 Å². The number of nitrogens with zero attached hydrogens (tertiary/aromatic N) is 1. The van der Waals surface area contributed by atoms with E-state index in [2.05, 4.69) is 0 Å². The third-order valence-corrected chi connectivity index (χ3v) is 2.75. The Bertz CT molecular complexity index is 345. The third kappa shape index (κ3) is 1.05. The smallest absolute Gasteiger partial charge is 0.352 e. The topological polar surface area (TPSA) is 77.8 Å². The van der Waals surface area contributed by atoms with E-state index < -0.39 is 12.1 Å². The molecule has 0 bridgehead atoms. The van der Waals surface area contributed by atoms with Crippen LogP contribution in [0.4, 0.5) is 0 Å². The zero-order chi connectivity index (χ0) is 10.5. The average molecular weight is 197 g/mol. The van der Waals surface area contributed by atoms with Gasteiger partial charge in [-0.05, 0) is 18.9 Å². The number of rotatable bonds is 2. The van der Waals surface area contributed by atoms with Gasteiger partial charge in [0.05, 0.1) is 6.10 Å². The number of fused-ring (bicyclic) bond motifs is 1. The van der Waals surface area contributed by atoms with Crippen molar-refractivity contribution in [1.82, 2.24) is 4.90 Å². The molecule has 2 aliphatic heterocycles. The quantitative estimate of drug-likeness (QED) is 0.596. The van der Waals surface area contributed by atoms with Crippen molar-refractivity contribution >= 4 is 11.9 Å². The van der Waals surface area contributed by atoms with Crippen LogP contribution in [0.1, 0.15) is 19.8 Å². The van der Waals surface area contributed by atoms with Crippen LogP contribution in [-0.2, 0) is 9.59 Å². The second kappa shape index (κ2) is 2.81. The molecule has 0 spiro atoms. The Kier molecular flexibility index (Phi) is 1.85. The fraction of sp³-hybridized carbons (Fsp3) is 0.556. The van der Waals surface area contributed by atoms with Crippen LogP contribution in [0.15, 0.2) is 11.3 Å². The maximum absolute atomic E-state index is 11.1. The van der Waals surface area contributed by atoms with Gasteiger partial charge in [0.2, 0.25) is 5.91 Å². The van der Waals surface area contributed by atoms with Gasteiger partial charge in [-0.25, -0.2) is 4.79 Å². The highest BCUT2D eigenvalue weighted by molar-refractivity contribution is 5.98. The number of hydrogen-bond donors (Lipinski definition) is 2. The van der Waals surface area contributed by atoms with Gasteiger partial charge in [0, 0.05) is 12.5 Å². The van der Waals surface area contributed by atoms with E-state index in [9.17, 15) is 14.7 Å². The van der Waals surface area contributed by atoms with Gasteiger partial charge in [-0.2, -0.15) is 0 Å². The number of aliphatic hydroxyl groups excluding tert-OH is 1. The number of amides is 1. The molecule has 2 heterocycles. The van der Waals surface area contributed by atoms with Crippen molar-refractivity contribution in [3.63, 3.8) is 0 Å². The molecule has 0 saturated carbocycles. The first-order valence-electron chi connectivity index (χ1n) is 4.49. The highest BCUT2D eigenvalue weighted by Crippen LogP contribution is 2.39. The van der Waals surface area contributed by atoms with Crippen LogP contribution in [0, 0.1) is 0 Å². The van der Waals surface area contributed by atoms with Crippen molar-refractivity contribution in [2.75, 3.05) is 0 Å². The maximum Gasteiger partial charge on any atom is 0.352 e. The molecule has 76 valence electrons. The molecule has 2 atom stereocenters. The van der Waals surface area contributed by atoms with Crippen molar-refractivity contribution in [1.29, 1.82) is 0 Å². The van der Waals surface area contributed by atoms with Crippen molar-refractivity contribution < 1.29 is 19.8 Å². The Hall–Kier alpha value is -1.36. The highest BCUT2D eigenvalue weighted by atomic mass is 16.4. The minimum Gasteiger partial charge on any atom is -0.477 e. The summed E-state index contributed by atoms with van der Waals surface area (Å²) in [5, 5.41) is 18.3. The molecule has 2 N–H and O–H groups in total. The monoisotopic (exact) mass is 197 g/mol. The Morgan fingerprint density at radius 3 is 2.64 bits per heavy atom. The van der Waals surface area contributed by atoms with Crippen molar-refractivity contribution in [2.24, 2.45) is 0 Å². The number of carbonyl (C=O) groups is 2. The molecule has 14 heavy (non-hydrogen) atoms. The van der Waals surface area contributed by atoms with Crippen LogP contribution in [0.5, 0.6) is 0 Å².